The van der Waals surface area contributed by atoms with Crippen molar-refractivity contribution in [2.45, 2.75) is 76.0 Å². The average Bonchev–Trinajstić information content (AvgIpc) is 3.31. The van der Waals surface area contributed by atoms with Crippen molar-refractivity contribution in [2.75, 3.05) is 13.2 Å². The molecule has 3 atom stereocenters. The molecule has 1 aliphatic carbocycles. The van der Waals surface area contributed by atoms with E-state index in [-0.39, 0.29) is 42.2 Å². The minimum Gasteiger partial charge on any atom is -0.431 e. The van der Waals surface area contributed by atoms with E-state index in [1.807, 2.05) is 0 Å². The number of hydrogen-bond donors (Lipinski definition) is 1. The van der Waals surface area contributed by atoms with E-state index in [9.17, 15) is 19.2 Å². The molecule has 0 aromatic carbocycles. The monoisotopic (exact) mass is 518 g/mol. The van der Waals surface area contributed by atoms with Crippen molar-refractivity contribution in [3.63, 3.8) is 0 Å². The Labute approximate surface area is 206 Å². The maximum absolute atomic E-state index is 13.0. The summed E-state index contributed by atoms with van der Waals surface area (Å²) in [5.74, 6) is -2.75. The van der Waals surface area contributed by atoms with E-state index < -0.39 is 41.9 Å². The molecule has 0 bridgehead atoms. The van der Waals surface area contributed by atoms with Gasteiger partial charge in [-0.15, -0.1) is 0 Å². The predicted octanol–water partition coefficient (Wildman–Crippen LogP) is 2.25. The summed E-state index contributed by atoms with van der Waals surface area (Å²) in [5.41, 5.74) is -2.46. The van der Waals surface area contributed by atoms with Crippen LogP contribution >= 0.6 is 23.8 Å². The molecule has 0 spiro atoms. The Balaban J connectivity index is 1.63. The van der Waals surface area contributed by atoms with Gasteiger partial charge in [-0.1, -0.05) is 36.8 Å². The second-order valence-corrected chi connectivity index (χ2v) is 9.15. The van der Waals surface area contributed by atoms with Gasteiger partial charge in [-0.2, -0.15) is 5.06 Å². The maximum atomic E-state index is 13.0. The van der Waals surface area contributed by atoms with Crippen LogP contribution in [0, 0.1) is 0 Å². The fourth-order valence-electron chi connectivity index (χ4n) is 3.90. The van der Waals surface area contributed by atoms with Crippen LogP contribution in [-0.4, -0.2) is 71.2 Å². The van der Waals surface area contributed by atoms with Gasteiger partial charge in [0.2, 0.25) is 12.1 Å². The average molecular weight is 519 g/mol. The Morgan fingerprint density at radius 1 is 1.29 bits per heavy atom. The molecule has 2 saturated heterocycles. The predicted molar refractivity (Wildman–Crippen MR) is 120 cm³/mol. The third-order valence-corrected chi connectivity index (χ3v) is 5.88. The van der Waals surface area contributed by atoms with Gasteiger partial charge in [0.25, 0.3) is 5.91 Å². The van der Waals surface area contributed by atoms with Crippen LogP contribution in [0.1, 0.15) is 51.9 Å². The van der Waals surface area contributed by atoms with Gasteiger partial charge in [0.05, 0.1) is 11.6 Å². The van der Waals surface area contributed by atoms with Crippen LogP contribution in [0.25, 0.3) is 0 Å². The molecular formula is C21H27ClN2O9S. The molecule has 1 saturated carbocycles. The van der Waals surface area contributed by atoms with Crippen molar-refractivity contribution < 1.29 is 43.0 Å². The first-order valence-electron chi connectivity index (χ1n) is 11.0. The van der Waals surface area contributed by atoms with Gasteiger partial charge in [0.15, 0.2) is 0 Å². The molecule has 1 amide bonds. The second kappa shape index (κ2) is 11.4. The number of nitrogens with zero attached hydrogens (tertiary/aromatic N) is 1. The molecule has 11 nitrogen and oxygen atoms in total. The Morgan fingerprint density at radius 3 is 2.62 bits per heavy atom. The fourth-order valence-corrected chi connectivity index (χ4v) is 4.43. The van der Waals surface area contributed by atoms with Crippen LogP contribution in [0.15, 0.2) is 11.6 Å². The number of thiocarbonyl (C=S) groups is 1. The van der Waals surface area contributed by atoms with Crippen LogP contribution in [0.3, 0.4) is 0 Å². The molecule has 1 N–H and O–H groups in total. The van der Waals surface area contributed by atoms with E-state index in [1.165, 1.54) is 6.92 Å². The molecule has 13 heteroatoms. The Bertz CT molecular complexity index is 863. The zero-order chi connectivity index (χ0) is 24.9. The van der Waals surface area contributed by atoms with Gasteiger partial charge in [-0.3, -0.25) is 14.4 Å². The van der Waals surface area contributed by atoms with Gasteiger partial charge in [0, 0.05) is 24.8 Å². The van der Waals surface area contributed by atoms with E-state index in [1.54, 1.807) is 0 Å². The zero-order valence-electron chi connectivity index (χ0n) is 18.7. The largest absolute Gasteiger partial charge is 0.511 e. The number of rotatable bonds is 8. The van der Waals surface area contributed by atoms with Crippen LogP contribution in [0.4, 0.5) is 4.79 Å². The molecule has 0 aromatic heterocycles. The Hall–Kier alpha value is -2.28. The smallest absolute Gasteiger partial charge is 0.431 e. The first-order chi connectivity index (χ1) is 16.1. The molecule has 3 rings (SSSR count). The number of carbonyl (C=O) groups excluding carboxylic acids is 4. The normalized spacial score (nSPS) is 26.2. The number of esters is 1. The summed E-state index contributed by atoms with van der Waals surface area (Å²) >= 11 is 10.8. The first-order valence-corrected chi connectivity index (χ1v) is 11.8. The number of hydrogen-bond acceptors (Lipinski definition) is 10. The second-order valence-electron chi connectivity index (χ2n) is 8.13. The molecule has 188 valence electrons. The number of ether oxygens (including phenoxy) is 4. The molecule has 0 radical (unpaired) electrons. The lowest BCUT2D eigenvalue weighted by molar-refractivity contribution is -0.262. The van der Waals surface area contributed by atoms with Gasteiger partial charge in [0.1, 0.15) is 18.8 Å². The van der Waals surface area contributed by atoms with E-state index in [0.29, 0.717) is 5.06 Å². The highest BCUT2D eigenvalue weighted by Gasteiger charge is 2.63. The summed E-state index contributed by atoms with van der Waals surface area (Å²) in [4.78, 5) is 56.3. The summed E-state index contributed by atoms with van der Waals surface area (Å²) in [5, 5.41) is 3.57. The summed E-state index contributed by atoms with van der Waals surface area (Å²) in [6.45, 7) is 4.45. The molecule has 2 heterocycles. The lowest BCUT2D eigenvalue weighted by Gasteiger charge is -2.32. The van der Waals surface area contributed by atoms with Crippen molar-refractivity contribution in [2.24, 2.45) is 0 Å². The molecule has 3 fully saturated rings. The molecular weight excluding hydrogens is 492 g/mol. The summed E-state index contributed by atoms with van der Waals surface area (Å²) in [7, 11) is 0. The topological polar surface area (TPSA) is 130 Å². The molecule has 34 heavy (non-hydrogen) atoms. The van der Waals surface area contributed by atoms with E-state index >= 15 is 0 Å². The van der Waals surface area contributed by atoms with Crippen molar-refractivity contribution in [3.8, 4) is 0 Å². The summed E-state index contributed by atoms with van der Waals surface area (Å²) in [6, 6.07) is -0.982. The van der Waals surface area contributed by atoms with Crippen LogP contribution in [-0.2, 0) is 38.2 Å². The third-order valence-electron chi connectivity index (χ3n) is 5.49. The van der Waals surface area contributed by atoms with E-state index in [4.69, 9.17) is 47.6 Å². The number of nitrogens with one attached hydrogen (secondary N) is 1. The van der Waals surface area contributed by atoms with Crippen LogP contribution < -0.4 is 5.32 Å². The Kier molecular flexibility index (Phi) is 8.85. The first kappa shape index (κ1) is 26.3. The van der Waals surface area contributed by atoms with Crippen molar-refractivity contribution >= 4 is 52.6 Å². The van der Waals surface area contributed by atoms with Crippen molar-refractivity contribution in [1.82, 2.24) is 10.4 Å². The molecule has 3 aliphatic rings. The van der Waals surface area contributed by atoms with E-state index in [0.717, 1.165) is 32.1 Å². The molecule has 2 unspecified atom stereocenters. The van der Waals surface area contributed by atoms with Gasteiger partial charge in [-0.25, -0.2) is 9.59 Å². The van der Waals surface area contributed by atoms with Crippen molar-refractivity contribution in [1.29, 1.82) is 0 Å². The highest BCUT2D eigenvalue weighted by atomic mass is 35.5. The number of hydroxylamine groups is 2. The quantitative estimate of drug-likeness (QED) is 0.220. The molecule has 2 aliphatic heterocycles. The van der Waals surface area contributed by atoms with Crippen molar-refractivity contribution in [3.05, 3.63) is 11.6 Å². The minimum absolute atomic E-state index is 0.134. The zero-order valence-corrected chi connectivity index (χ0v) is 20.3. The van der Waals surface area contributed by atoms with Gasteiger partial charge >= 0.3 is 17.8 Å². The lowest BCUT2D eigenvalue weighted by Crippen LogP contribution is -2.61. The van der Waals surface area contributed by atoms with Gasteiger partial charge in [-0.05, 0) is 25.7 Å². The standard InChI is InChI=1S/C21H27ClN2O9S/c1-12(22)10-17(34)23-15-11-30-24(18(15)26)21(16(25)8-9-29-21)19(27)31-13(2)32-20(28)33-14-6-4-3-5-7-14/h13-15H,1,3-11H2,2H3,(H,23,34)/t13?,15-,21?/m0/s1. The lowest BCUT2D eigenvalue weighted by atomic mass is 9.98. The van der Waals surface area contributed by atoms with Crippen LogP contribution in [0.5, 0.6) is 0 Å². The Morgan fingerprint density at radius 2 is 2.00 bits per heavy atom. The number of ketones is 1. The maximum Gasteiger partial charge on any atom is 0.511 e. The number of carbonyl (C=O) groups is 4. The number of halogens is 1. The number of amides is 1. The summed E-state index contributed by atoms with van der Waals surface area (Å²) in [6.07, 6.45) is 1.79. The van der Waals surface area contributed by atoms with E-state index in [2.05, 4.69) is 11.9 Å². The third kappa shape index (κ3) is 6.04. The SMILES string of the molecule is C=C(Cl)CC(=S)N[C@H]1CON(C2(C(=O)OC(C)OC(=O)OC3CCCCC3)OCCC2=O)C1=O. The van der Waals surface area contributed by atoms with Crippen LogP contribution in [0.2, 0.25) is 0 Å². The fraction of sp³-hybridized carbons (Fsp3) is 0.667. The highest BCUT2D eigenvalue weighted by Crippen LogP contribution is 2.32. The molecule has 0 aromatic rings. The highest BCUT2D eigenvalue weighted by molar-refractivity contribution is 7.80. The number of Topliss-reactive ketones (excluding diaryl/α,β-unsaturated/α-hetero) is 1. The minimum atomic E-state index is -2.46. The van der Waals surface area contributed by atoms with Gasteiger partial charge < -0.3 is 24.3 Å². The summed E-state index contributed by atoms with van der Waals surface area (Å²) < 4.78 is 20.8.